The van der Waals surface area contributed by atoms with Gasteiger partial charge in [-0.25, -0.2) is 9.59 Å². The van der Waals surface area contributed by atoms with Crippen LogP contribution >= 0.6 is 0 Å². The number of carbonyl (C=O) groups is 6. The lowest BCUT2D eigenvalue weighted by Gasteiger charge is -2.52. The largest absolute Gasteiger partial charge is 0.477 e. The van der Waals surface area contributed by atoms with E-state index in [9.17, 15) is 151 Å². The Morgan fingerprint density at radius 1 is 0.375 bits per heavy atom. The van der Waals surface area contributed by atoms with Crippen LogP contribution in [0.4, 0.5) is 0 Å². The minimum absolute atomic E-state index is 0.146. The second-order valence-electron chi connectivity index (χ2n) is 39.2. The molecule has 39 atom stereocenters. The highest BCUT2D eigenvalue weighted by Crippen LogP contribution is 2.43. The number of unbranched alkanes of at least 4 members (excludes halogenated alkanes) is 31. The summed E-state index contributed by atoms with van der Waals surface area (Å²) >= 11 is 0. The number of aliphatic hydroxyl groups excluding tert-OH is 22. The van der Waals surface area contributed by atoms with Crippen molar-refractivity contribution in [1.29, 1.82) is 0 Å². The van der Waals surface area contributed by atoms with Crippen LogP contribution in [0.1, 0.15) is 266 Å². The summed E-state index contributed by atoms with van der Waals surface area (Å²) in [5.74, 6) is -14.7. The Bertz CT molecular complexity index is 3650. The molecule has 0 aliphatic carbocycles. The van der Waals surface area contributed by atoms with Crippen molar-refractivity contribution in [3.8, 4) is 0 Å². The smallest absolute Gasteiger partial charge is 0.364 e. The Hall–Kier alpha value is -4.88. The fraction of sp³-hybridized carbons (Fsp3) is 0.917. The van der Waals surface area contributed by atoms with Crippen LogP contribution in [-0.4, -0.2) is 449 Å². The first-order valence-electron chi connectivity index (χ1n) is 51.7. The number of nitrogens with one attached hydrogen (secondary N) is 4. The lowest BCUT2D eigenvalue weighted by atomic mass is 9.87. The van der Waals surface area contributed by atoms with E-state index in [1.54, 1.807) is 6.08 Å². The molecule has 7 rings (SSSR count). The molecule has 0 bridgehead atoms. The summed E-state index contributed by atoms with van der Waals surface area (Å²) in [6, 6.07) is -6.98. The van der Waals surface area contributed by atoms with Gasteiger partial charge in [0.15, 0.2) is 31.5 Å². The van der Waals surface area contributed by atoms with Gasteiger partial charge in [-0.2, -0.15) is 0 Å². The second-order valence-corrected chi connectivity index (χ2v) is 39.2. The Labute approximate surface area is 839 Å². The topological polar surface area (TPSA) is 765 Å². The number of hydrogen-bond donors (Lipinski definition) is 28. The normalized spacial score (nSPS) is 35.6. The van der Waals surface area contributed by atoms with Gasteiger partial charge in [0, 0.05) is 40.0 Å². The fourth-order valence-electron chi connectivity index (χ4n) is 19.5. The number of carboxylic acids is 2. The van der Waals surface area contributed by atoms with Gasteiger partial charge in [-0.1, -0.05) is 219 Å². The van der Waals surface area contributed by atoms with E-state index in [-0.39, 0.29) is 12.3 Å². The minimum atomic E-state index is -3.56. The monoisotopic (exact) mass is 2080 g/mol. The number of ether oxygens (including phenoxy) is 14. The summed E-state index contributed by atoms with van der Waals surface area (Å²) in [5, 5.41) is 281. The van der Waals surface area contributed by atoms with Crippen molar-refractivity contribution in [3.05, 3.63) is 12.2 Å². The zero-order valence-electron chi connectivity index (χ0n) is 83.5. The van der Waals surface area contributed by atoms with E-state index in [1.807, 2.05) is 6.08 Å². The highest BCUT2D eigenvalue weighted by Gasteiger charge is 2.64. The van der Waals surface area contributed by atoms with Crippen LogP contribution in [0.25, 0.3) is 0 Å². The maximum Gasteiger partial charge on any atom is 0.364 e. The van der Waals surface area contributed by atoms with Gasteiger partial charge < -0.3 is 210 Å². The summed E-state index contributed by atoms with van der Waals surface area (Å²) in [4.78, 5) is 79.1. The quantitative estimate of drug-likeness (QED) is 0.0206. The average molecular weight is 2080 g/mol. The SMILES string of the molecule is CCCCCCCCCCCCC/C=C/[C@@H](O)[C@H](CO[C@@H]1OC(CO)[C@@H](O[C@@H]2OC(CO)[C@H](O[C@@H]3OC(CO)[C@H](O)[C@H](O[C@@H]4OC(CO)[C@H](O)[C@H](O[C@@H]5OC(CO)[C@H](O)[C@H](O[C@]6(C(=O)O)CC(O)[C@@H](NC(C)=O)C([C@H](O)[C@@H](CO)O[C@]7(C(=O)O)CC(O)[C@@H](NC(C)=O)C([C@H](O)[C@H](O)CO)O7)O6)C5O)C4NC(C)=O)C3O)[C@H](O)C2O)[C@H](O)C1O)NC(=O)CCCCCCCCCCCCCCCCCCCCCCC. The molecule has 7 aliphatic rings. The van der Waals surface area contributed by atoms with E-state index >= 15 is 0 Å². The Morgan fingerprint density at radius 3 is 1.15 bits per heavy atom. The first-order chi connectivity index (χ1) is 68.8. The molecule has 14 unspecified atom stereocenters. The lowest BCUT2D eigenvalue weighted by molar-refractivity contribution is -0.393. The summed E-state index contributed by atoms with van der Waals surface area (Å²) in [7, 11) is 0. The molecule has 7 aliphatic heterocycles. The Kier molecular flexibility index (Phi) is 56.7. The molecule has 7 fully saturated rings. The Morgan fingerprint density at radius 2 is 0.722 bits per heavy atom. The molecule has 0 radical (unpaired) electrons. The number of carbonyl (C=O) groups excluding carboxylic acids is 4. The number of amides is 4. The molecule has 0 saturated carbocycles. The third kappa shape index (κ3) is 37.0. The van der Waals surface area contributed by atoms with Crippen LogP contribution in [0.3, 0.4) is 0 Å². The molecule has 144 heavy (non-hydrogen) atoms. The van der Waals surface area contributed by atoms with Crippen LogP contribution in [-0.2, 0) is 95.1 Å². The van der Waals surface area contributed by atoms with Gasteiger partial charge in [0.2, 0.25) is 23.6 Å². The van der Waals surface area contributed by atoms with E-state index in [4.69, 9.17) is 66.3 Å². The first kappa shape index (κ1) is 126. The van der Waals surface area contributed by atoms with Gasteiger partial charge in [-0.3, -0.25) is 19.2 Å². The predicted octanol–water partition coefficient (Wildman–Crippen LogP) is -3.70. The molecule has 0 aromatic rings. The van der Waals surface area contributed by atoms with Gasteiger partial charge in [0.25, 0.3) is 11.6 Å². The minimum Gasteiger partial charge on any atom is -0.477 e. The van der Waals surface area contributed by atoms with Crippen molar-refractivity contribution < 1.29 is 218 Å². The van der Waals surface area contributed by atoms with Gasteiger partial charge >= 0.3 is 11.9 Å². The number of aliphatic carboxylic acids is 2. The van der Waals surface area contributed by atoms with Crippen molar-refractivity contribution in [2.75, 3.05) is 52.9 Å². The molecule has 0 spiro atoms. The lowest BCUT2D eigenvalue weighted by Crippen LogP contribution is -2.72. The molecule has 0 aromatic heterocycles. The summed E-state index contributed by atoms with van der Waals surface area (Å²) in [6.07, 6.45) is -32.6. The van der Waals surface area contributed by atoms with Crippen LogP contribution in [0.5, 0.6) is 0 Å². The third-order valence-electron chi connectivity index (χ3n) is 27.7. The molecule has 7 heterocycles. The first-order valence-corrected chi connectivity index (χ1v) is 51.7. The fourth-order valence-corrected chi connectivity index (χ4v) is 19.5. The van der Waals surface area contributed by atoms with Gasteiger partial charge in [0.1, 0.15) is 159 Å². The second kappa shape index (κ2) is 64.8. The summed E-state index contributed by atoms with van der Waals surface area (Å²) < 4.78 is 82.5. The number of carboxylic acid groups (broad SMARTS) is 2. The van der Waals surface area contributed by atoms with E-state index in [0.717, 1.165) is 78.6 Å². The highest BCUT2D eigenvalue weighted by atomic mass is 16.8. The molecular weight excluding hydrogens is 1910 g/mol. The number of hydrogen-bond acceptors (Lipinski definition) is 42. The van der Waals surface area contributed by atoms with Crippen molar-refractivity contribution >= 4 is 35.6 Å². The van der Waals surface area contributed by atoms with Crippen molar-refractivity contribution in [2.24, 2.45) is 0 Å². The third-order valence-corrected chi connectivity index (χ3v) is 27.7. The van der Waals surface area contributed by atoms with Crippen LogP contribution in [0, 0.1) is 0 Å². The van der Waals surface area contributed by atoms with Crippen LogP contribution in [0.2, 0.25) is 0 Å². The van der Waals surface area contributed by atoms with E-state index in [1.165, 1.54) is 141 Å². The number of aliphatic hydroxyl groups is 22. The zero-order valence-corrected chi connectivity index (χ0v) is 83.5. The maximum absolute atomic E-state index is 13.8. The molecule has 48 nitrogen and oxygen atoms in total. The highest BCUT2D eigenvalue weighted by molar-refractivity contribution is 5.78. The average Bonchev–Trinajstić information content (AvgIpc) is 0.737. The van der Waals surface area contributed by atoms with Gasteiger partial charge in [-0.05, 0) is 19.3 Å². The molecule has 28 N–H and O–H groups in total. The molecule has 4 amide bonds. The summed E-state index contributed by atoms with van der Waals surface area (Å²) in [5.41, 5.74) is 0. The van der Waals surface area contributed by atoms with Crippen molar-refractivity contribution in [3.63, 3.8) is 0 Å². The van der Waals surface area contributed by atoms with Crippen LogP contribution < -0.4 is 21.3 Å². The van der Waals surface area contributed by atoms with Crippen molar-refractivity contribution in [1.82, 2.24) is 21.3 Å². The van der Waals surface area contributed by atoms with E-state index in [0.29, 0.717) is 12.8 Å². The van der Waals surface area contributed by atoms with Gasteiger partial charge in [-0.15, -0.1) is 0 Å². The standard InChI is InChI=1S/C96H170N4O44/c1-6-8-10-12-14-16-18-20-21-22-23-24-25-26-27-29-31-33-35-37-39-41-66(115)100-55(56(111)40-38-36-34-32-30-28-19-17-15-13-11-9-7-2)51-131-89-77(123)75(121)81(64(49-106)135-89)137-90-78(124)76(122)82(65(50-107)136-90)138-91-79(125)86(72(118)61(46-103)133-91)140-88-69(99-54(5)110)83(71(117)60(45-102)132-88)139-92-80(126)87(73(119)62(47-104)134-92)144-96(94(129)130)43-58(113)68(98-53(4)109)85(143-96)74(120)63(48-105)141-95(93(127)128)42-57(112)67(97-52(3)108)84(142-95)70(116)59(114)44-101/h38,40,55-65,67-92,101-107,111-114,116-126H,6-37,39,41-51H2,1-5H3,(H,97,108)(H,98,109)(H,99,110)(H,100,115)(H,127,128)(H,129,130)/b40-38+/t55-,56+,57?,58?,59+,60?,61?,62?,63+,64?,65?,67+,68+,69?,70+,71-,72-,73-,74+,75+,76+,77?,78?,79?,80?,81+,82-,83+,84?,85?,86-,87-,88-,89+,90-,91-,92-,95+,96-/m0/s1. The Balaban J connectivity index is 1.00. The van der Waals surface area contributed by atoms with Gasteiger partial charge in [0.05, 0.1) is 89.3 Å². The van der Waals surface area contributed by atoms with E-state index in [2.05, 4.69) is 35.1 Å². The zero-order chi connectivity index (χ0) is 106. The predicted molar refractivity (Wildman–Crippen MR) is 500 cm³/mol. The van der Waals surface area contributed by atoms with E-state index < -0.39 is 333 Å². The van der Waals surface area contributed by atoms with Crippen molar-refractivity contribution in [2.45, 2.75) is 504 Å². The maximum atomic E-state index is 13.8. The molecule has 0 aromatic carbocycles. The molecule has 838 valence electrons. The summed E-state index contributed by atoms with van der Waals surface area (Å²) in [6.45, 7) is -1.86. The number of rotatable bonds is 68. The number of allylic oxidation sites excluding steroid dienone is 1. The molecule has 7 saturated heterocycles. The van der Waals surface area contributed by atoms with Crippen LogP contribution in [0.15, 0.2) is 12.2 Å². The molecule has 48 heteroatoms. The molecular formula is C96H170N4O44.